The number of amides is 2. The fourth-order valence-electron chi connectivity index (χ4n) is 3.50. The molecule has 3 aromatic carbocycles. The topological polar surface area (TPSA) is 55.8 Å². The Morgan fingerprint density at radius 1 is 1.05 bits per heavy atom. The summed E-state index contributed by atoms with van der Waals surface area (Å²) in [5.74, 6) is -0.0547. The molecule has 5 nitrogen and oxygen atoms in total. The van der Waals surface area contributed by atoms with Gasteiger partial charge >= 0.3 is 0 Å². The van der Waals surface area contributed by atoms with Gasteiger partial charge in [0.2, 0.25) is 0 Å². The second-order valence-electron chi connectivity index (χ2n) is 7.76. The molecule has 1 heterocycles. The molecule has 192 valence electrons. The molecular formula is C26H18Cl3FINO4S. The molecule has 0 aliphatic carbocycles. The molecule has 0 aromatic heterocycles. The highest BCUT2D eigenvalue weighted by atomic mass is 127. The van der Waals surface area contributed by atoms with Crippen LogP contribution >= 0.6 is 69.2 Å². The van der Waals surface area contributed by atoms with E-state index in [1.54, 1.807) is 42.5 Å². The van der Waals surface area contributed by atoms with Crippen LogP contribution in [0.15, 0.2) is 53.4 Å². The van der Waals surface area contributed by atoms with E-state index < -0.39 is 17.0 Å². The molecule has 3 aromatic rings. The van der Waals surface area contributed by atoms with E-state index in [2.05, 4.69) is 22.6 Å². The van der Waals surface area contributed by atoms with E-state index in [9.17, 15) is 14.0 Å². The van der Waals surface area contributed by atoms with Crippen LogP contribution in [-0.2, 0) is 17.9 Å². The molecule has 2 amide bonds. The van der Waals surface area contributed by atoms with Gasteiger partial charge in [-0.05, 0) is 94.9 Å². The van der Waals surface area contributed by atoms with Gasteiger partial charge in [-0.1, -0.05) is 46.9 Å². The summed E-state index contributed by atoms with van der Waals surface area (Å²) in [4.78, 5) is 27.0. The predicted molar refractivity (Wildman–Crippen MR) is 154 cm³/mol. The van der Waals surface area contributed by atoms with Crippen molar-refractivity contribution in [3.8, 4) is 11.5 Å². The molecule has 0 saturated carbocycles. The minimum absolute atomic E-state index is 0.0329. The molecule has 1 fully saturated rings. The Labute approximate surface area is 246 Å². The first kappa shape index (κ1) is 28.0. The Morgan fingerprint density at radius 2 is 1.84 bits per heavy atom. The van der Waals surface area contributed by atoms with Crippen LogP contribution < -0.4 is 9.47 Å². The number of carbonyl (C=O) groups is 2. The Balaban J connectivity index is 1.58. The third kappa shape index (κ3) is 6.54. The Morgan fingerprint density at radius 3 is 2.54 bits per heavy atom. The van der Waals surface area contributed by atoms with Crippen molar-refractivity contribution in [1.29, 1.82) is 0 Å². The van der Waals surface area contributed by atoms with Crippen molar-refractivity contribution in [2.45, 2.75) is 20.1 Å². The molecule has 0 N–H and O–H groups in total. The van der Waals surface area contributed by atoms with E-state index in [0.717, 1.165) is 16.7 Å². The molecular weight excluding hydrogens is 675 g/mol. The van der Waals surface area contributed by atoms with E-state index in [-0.39, 0.29) is 28.6 Å². The number of halogens is 5. The minimum Gasteiger partial charge on any atom is -0.490 e. The normalized spacial score (nSPS) is 14.5. The molecule has 4 rings (SSSR count). The maximum absolute atomic E-state index is 14.2. The van der Waals surface area contributed by atoms with Gasteiger partial charge in [0, 0.05) is 15.6 Å². The number of hydrogen-bond donors (Lipinski definition) is 0. The lowest BCUT2D eigenvalue weighted by molar-refractivity contribution is -0.123. The lowest BCUT2D eigenvalue weighted by atomic mass is 10.1. The molecule has 11 heteroatoms. The fourth-order valence-corrected chi connectivity index (χ4v) is 5.80. The lowest BCUT2D eigenvalue weighted by Crippen LogP contribution is -2.27. The first-order chi connectivity index (χ1) is 17.7. The predicted octanol–water partition coefficient (Wildman–Crippen LogP) is 8.60. The molecule has 0 atom stereocenters. The molecule has 1 aliphatic rings. The molecule has 0 unspecified atom stereocenters. The summed E-state index contributed by atoms with van der Waals surface area (Å²) in [6.45, 7) is 2.12. The smallest absolute Gasteiger partial charge is 0.293 e. The van der Waals surface area contributed by atoms with E-state index >= 15 is 0 Å². The maximum Gasteiger partial charge on any atom is 0.293 e. The summed E-state index contributed by atoms with van der Waals surface area (Å²) in [6.07, 6.45) is 1.62. The molecule has 1 saturated heterocycles. The van der Waals surface area contributed by atoms with Crippen LogP contribution in [0.3, 0.4) is 0 Å². The second-order valence-corrected chi connectivity index (χ2v) is 11.2. The molecule has 0 spiro atoms. The van der Waals surface area contributed by atoms with Crippen molar-refractivity contribution in [3.63, 3.8) is 0 Å². The summed E-state index contributed by atoms with van der Waals surface area (Å²) < 4.78 is 26.5. The van der Waals surface area contributed by atoms with Gasteiger partial charge in [-0.25, -0.2) is 4.39 Å². The monoisotopic (exact) mass is 691 g/mol. The Hall–Kier alpha value is -1.98. The largest absolute Gasteiger partial charge is 0.490 e. The first-order valence-electron chi connectivity index (χ1n) is 10.9. The van der Waals surface area contributed by atoms with Gasteiger partial charge in [0.15, 0.2) is 11.5 Å². The standard InChI is InChI=1S/C26H18Cl3FINO4S/c1-2-35-22-9-14(8-21(31)24(22)36-13-17-18(28)4-3-5-20(17)30)10-23-25(33)32(26(34)37-23)12-15-6-7-16(27)11-19(15)29/h3-11H,2,12-13H2,1H3/b23-10-. The van der Waals surface area contributed by atoms with Crippen LogP contribution in [-0.4, -0.2) is 22.7 Å². The Kier molecular flexibility index (Phi) is 9.29. The number of carbonyl (C=O) groups excluding carboxylic acids is 2. The number of nitrogens with zero attached hydrogens (tertiary/aromatic N) is 1. The van der Waals surface area contributed by atoms with Crippen LogP contribution in [0.4, 0.5) is 9.18 Å². The quantitative estimate of drug-likeness (QED) is 0.175. The van der Waals surface area contributed by atoms with Crippen LogP contribution in [0.1, 0.15) is 23.6 Å². The van der Waals surface area contributed by atoms with Crippen molar-refractivity contribution in [2.24, 2.45) is 0 Å². The number of benzene rings is 3. The van der Waals surface area contributed by atoms with Crippen LogP contribution in [0, 0.1) is 9.39 Å². The van der Waals surface area contributed by atoms with Crippen LogP contribution in [0.5, 0.6) is 11.5 Å². The van der Waals surface area contributed by atoms with Crippen molar-refractivity contribution in [2.75, 3.05) is 6.61 Å². The number of hydrogen-bond acceptors (Lipinski definition) is 5. The average Bonchev–Trinajstić information content (AvgIpc) is 3.09. The zero-order chi connectivity index (χ0) is 26.7. The van der Waals surface area contributed by atoms with Gasteiger partial charge < -0.3 is 9.47 Å². The van der Waals surface area contributed by atoms with Crippen molar-refractivity contribution in [1.82, 2.24) is 4.90 Å². The summed E-state index contributed by atoms with van der Waals surface area (Å²) in [6, 6.07) is 12.8. The van der Waals surface area contributed by atoms with Gasteiger partial charge in [0.25, 0.3) is 11.1 Å². The number of thioether (sulfide) groups is 1. The summed E-state index contributed by atoms with van der Waals surface area (Å²) in [5.41, 5.74) is 1.49. The maximum atomic E-state index is 14.2. The van der Waals surface area contributed by atoms with E-state index in [1.807, 2.05) is 6.92 Å². The highest BCUT2D eigenvalue weighted by Crippen LogP contribution is 2.39. The first-order valence-corrected chi connectivity index (χ1v) is 13.9. The molecule has 37 heavy (non-hydrogen) atoms. The summed E-state index contributed by atoms with van der Waals surface area (Å²) in [5, 5.41) is 0.703. The SMILES string of the molecule is CCOc1cc(/C=C2\SC(=O)N(Cc3ccc(Cl)cc3Cl)C2=O)cc(I)c1OCc1c(F)cccc1Cl. The molecule has 0 bridgehead atoms. The van der Waals surface area contributed by atoms with Crippen molar-refractivity contribution < 1.29 is 23.5 Å². The molecule has 0 radical (unpaired) electrons. The second kappa shape index (κ2) is 12.3. The van der Waals surface area contributed by atoms with E-state index in [1.165, 1.54) is 12.1 Å². The summed E-state index contributed by atoms with van der Waals surface area (Å²) in [7, 11) is 0. The van der Waals surface area contributed by atoms with Crippen LogP contribution in [0.25, 0.3) is 6.08 Å². The van der Waals surface area contributed by atoms with Crippen LogP contribution in [0.2, 0.25) is 15.1 Å². The van der Waals surface area contributed by atoms with Crippen molar-refractivity contribution in [3.05, 3.63) is 94.6 Å². The third-order valence-corrected chi connectivity index (χ3v) is 7.92. The van der Waals surface area contributed by atoms with E-state index in [4.69, 9.17) is 44.3 Å². The third-order valence-electron chi connectivity index (χ3n) is 5.27. The van der Waals surface area contributed by atoms with Crippen molar-refractivity contribution >= 4 is 86.4 Å². The Bertz CT molecular complexity index is 1400. The van der Waals surface area contributed by atoms with Gasteiger partial charge in [-0.3, -0.25) is 14.5 Å². The fraction of sp³-hybridized carbons (Fsp3) is 0.154. The number of ether oxygens (including phenoxy) is 2. The zero-order valence-electron chi connectivity index (χ0n) is 19.2. The van der Waals surface area contributed by atoms with E-state index in [0.29, 0.717) is 42.8 Å². The van der Waals surface area contributed by atoms with Gasteiger partial charge in [-0.2, -0.15) is 0 Å². The lowest BCUT2D eigenvalue weighted by Gasteiger charge is -2.16. The minimum atomic E-state index is -0.465. The molecule has 1 aliphatic heterocycles. The summed E-state index contributed by atoms with van der Waals surface area (Å²) >= 11 is 21.2. The van der Waals surface area contributed by atoms with Gasteiger partial charge in [0.05, 0.1) is 26.6 Å². The highest BCUT2D eigenvalue weighted by Gasteiger charge is 2.35. The van der Waals surface area contributed by atoms with Gasteiger partial charge in [-0.15, -0.1) is 0 Å². The highest BCUT2D eigenvalue weighted by molar-refractivity contribution is 14.1. The number of rotatable bonds is 8. The zero-order valence-corrected chi connectivity index (χ0v) is 24.4. The number of imide groups is 1. The van der Waals surface area contributed by atoms with Gasteiger partial charge in [0.1, 0.15) is 12.4 Å². The average molecular weight is 693 g/mol.